The van der Waals surface area contributed by atoms with Gasteiger partial charge in [-0.2, -0.15) is 0 Å². The molecule has 1 saturated heterocycles. The van der Waals surface area contributed by atoms with Crippen molar-refractivity contribution in [3.8, 4) is 0 Å². The first kappa shape index (κ1) is 22.3. The first-order valence-corrected chi connectivity index (χ1v) is 12.0. The number of nitrogens with one attached hydrogen (secondary N) is 1. The van der Waals surface area contributed by atoms with E-state index in [9.17, 15) is 13.2 Å². The van der Waals surface area contributed by atoms with E-state index < -0.39 is 10.0 Å². The first-order chi connectivity index (χ1) is 14.4. The first-order valence-electron chi connectivity index (χ1n) is 10.5. The summed E-state index contributed by atoms with van der Waals surface area (Å²) < 4.78 is 33.8. The lowest BCUT2D eigenvalue weighted by molar-refractivity contribution is 0.0587. The van der Waals surface area contributed by atoms with Gasteiger partial charge in [-0.1, -0.05) is 31.5 Å². The maximum Gasteiger partial charge on any atom is 0.261 e. The minimum atomic E-state index is -3.79. The Kier molecular flexibility index (Phi) is 7.50. The zero-order valence-electron chi connectivity index (χ0n) is 17.6. The summed E-state index contributed by atoms with van der Waals surface area (Å²) in [7, 11) is -2.08. The maximum absolute atomic E-state index is 12.8. The number of nitrogens with zero attached hydrogens (tertiary/aromatic N) is 1. The Morgan fingerprint density at radius 2 is 1.97 bits per heavy atom. The molecule has 1 fully saturated rings. The third-order valence-electron chi connectivity index (χ3n) is 5.26. The Morgan fingerprint density at radius 3 is 2.63 bits per heavy atom. The van der Waals surface area contributed by atoms with Crippen LogP contribution in [0.2, 0.25) is 0 Å². The maximum atomic E-state index is 12.8. The fraction of sp³-hybridized carbons (Fsp3) is 0.435. The van der Waals surface area contributed by atoms with Crippen LogP contribution in [-0.4, -0.2) is 45.5 Å². The normalized spacial score (nSPS) is 16.4. The van der Waals surface area contributed by atoms with Crippen molar-refractivity contribution in [1.29, 1.82) is 0 Å². The second kappa shape index (κ2) is 10.1. The lowest BCUT2D eigenvalue weighted by atomic mass is 10.1. The number of rotatable bonds is 9. The molecule has 0 bridgehead atoms. The number of amides is 1. The summed E-state index contributed by atoms with van der Waals surface area (Å²) in [5.41, 5.74) is 2.03. The molecule has 2 aromatic carbocycles. The SMILES string of the molecule is CCCCc1ccc(NS(=O)(=O)c2cccc(C(=O)N(C)CC3CCCO3)c2)cc1. The van der Waals surface area contributed by atoms with Crippen LogP contribution in [-0.2, 0) is 21.2 Å². The smallest absolute Gasteiger partial charge is 0.261 e. The number of benzene rings is 2. The van der Waals surface area contributed by atoms with E-state index in [1.807, 2.05) is 12.1 Å². The van der Waals surface area contributed by atoms with Crippen molar-refractivity contribution >= 4 is 21.6 Å². The molecule has 1 atom stereocenters. The van der Waals surface area contributed by atoms with E-state index in [1.165, 1.54) is 17.7 Å². The minimum absolute atomic E-state index is 0.0489. The molecule has 0 spiro atoms. The van der Waals surface area contributed by atoms with Gasteiger partial charge in [0.05, 0.1) is 11.0 Å². The molecule has 1 amide bonds. The van der Waals surface area contributed by atoms with E-state index in [4.69, 9.17) is 4.74 Å². The van der Waals surface area contributed by atoms with Crippen LogP contribution < -0.4 is 4.72 Å². The highest BCUT2D eigenvalue weighted by Crippen LogP contribution is 2.20. The number of hydrogen-bond donors (Lipinski definition) is 1. The Bertz CT molecular complexity index is 951. The lowest BCUT2D eigenvalue weighted by Gasteiger charge is -2.21. The molecule has 1 N–H and O–H groups in total. The zero-order valence-corrected chi connectivity index (χ0v) is 18.5. The number of aryl methyl sites for hydroxylation is 1. The minimum Gasteiger partial charge on any atom is -0.376 e. The van der Waals surface area contributed by atoms with Crippen LogP contribution in [0.4, 0.5) is 5.69 Å². The van der Waals surface area contributed by atoms with Gasteiger partial charge >= 0.3 is 0 Å². The number of hydrogen-bond acceptors (Lipinski definition) is 4. The van der Waals surface area contributed by atoms with Gasteiger partial charge in [0, 0.05) is 31.5 Å². The number of anilines is 1. The molecule has 0 saturated carbocycles. The zero-order chi connectivity index (χ0) is 21.6. The summed E-state index contributed by atoms with van der Waals surface area (Å²) in [5.74, 6) is -0.220. The van der Waals surface area contributed by atoms with Gasteiger partial charge in [-0.3, -0.25) is 9.52 Å². The third-order valence-corrected chi connectivity index (χ3v) is 6.64. The van der Waals surface area contributed by atoms with Gasteiger partial charge in [0.25, 0.3) is 15.9 Å². The van der Waals surface area contributed by atoms with E-state index in [0.717, 1.165) is 38.7 Å². The molecule has 3 rings (SSSR count). The third kappa shape index (κ3) is 5.83. The monoisotopic (exact) mass is 430 g/mol. The van der Waals surface area contributed by atoms with Gasteiger partial charge in [-0.25, -0.2) is 8.42 Å². The molecular weight excluding hydrogens is 400 g/mol. The number of sulfonamides is 1. The van der Waals surface area contributed by atoms with Crippen molar-refractivity contribution in [2.75, 3.05) is 24.9 Å². The average molecular weight is 431 g/mol. The van der Waals surface area contributed by atoms with Gasteiger partial charge in [-0.05, 0) is 61.6 Å². The number of ether oxygens (including phenoxy) is 1. The predicted octanol–water partition coefficient (Wildman–Crippen LogP) is 4.08. The van der Waals surface area contributed by atoms with E-state index >= 15 is 0 Å². The molecule has 1 aliphatic heterocycles. The van der Waals surface area contributed by atoms with Gasteiger partial charge in [0.2, 0.25) is 0 Å². The van der Waals surface area contributed by atoms with Crippen LogP contribution in [0.3, 0.4) is 0 Å². The molecule has 0 aliphatic carbocycles. The van der Waals surface area contributed by atoms with Crippen molar-refractivity contribution in [2.45, 2.75) is 50.0 Å². The summed E-state index contributed by atoms with van der Waals surface area (Å²) in [4.78, 5) is 14.4. The Morgan fingerprint density at radius 1 is 1.20 bits per heavy atom. The van der Waals surface area contributed by atoms with E-state index in [2.05, 4.69) is 11.6 Å². The number of unbranched alkanes of at least 4 members (excludes halogenated alkanes) is 1. The average Bonchev–Trinajstić information content (AvgIpc) is 3.25. The highest BCUT2D eigenvalue weighted by atomic mass is 32.2. The van der Waals surface area contributed by atoms with Crippen LogP contribution in [0.25, 0.3) is 0 Å². The standard InChI is InChI=1S/C23H30N2O4S/c1-3-4-7-18-11-13-20(14-12-18)24-30(27,28)22-10-5-8-19(16-22)23(26)25(2)17-21-9-6-15-29-21/h5,8,10-14,16,21,24H,3-4,6-7,9,15,17H2,1-2H3. The molecular formula is C23H30N2O4S. The van der Waals surface area contributed by atoms with Gasteiger partial charge in [-0.15, -0.1) is 0 Å². The predicted molar refractivity (Wildman–Crippen MR) is 118 cm³/mol. The molecule has 2 aromatic rings. The summed E-state index contributed by atoms with van der Waals surface area (Å²) in [5, 5.41) is 0. The van der Waals surface area contributed by atoms with Gasteiger partial charge in [0.1, 0.15) is 0 Å². The van der Waals surface area contributed by atoms with Crippen molar-refractivity contribution in [2.24, 2.45) is 0 Å². The molecule has 1 aliphatic rings. The second-order valence-electron chi connectivity index (χ2n) is 7.75. The van der Waals surface area contributed by atoms with Crippen LogP contribution in [0.1, 0.15) is 48.5 Å². The molecule has 7 heteroatoms. The fourth-order valence-corrected chi connectivity index (χ4v) is 4.63. The highest BCUT2D eigenvalue weighted by Gasteiger charge is 2.22. The van der Waals surface area contributed by atoms with E-state index in [-0.39, 0.29) is 16.9 Å². The molecule has 0 aromatic heterocycles. The number of carbonyl (C=O) groups is 1. The molecule has 162 valence electrons. The lowest BCUT2D eigenvalue weighted by Crippen LogP contribution is -2.34. The molecule has 0 radical (unpaired) electrons. The molecule has 30 heavy (non-hydrogen) atoms. The van der Waals surface area contributed by atoms with Gasteiger partial charge < -0.3 is 9.64 Å². The Balaban J connectivity index is 1.69. The van der Waals surface area contributed by atoms with Crippen LogP contribution in [0.5, 0.6) is 0 Å². The summed E-state index contributed by atoms with van der Waals surface area (Å²) in [6.07, 6.45) is 5.19. The molecule has 1 unspecified atom stereocenters. The summed E-state index contributed by atoms with van der Waals surface area (Å²) >= 11 is 0. The summed E-state index contributed by atoms with van der Waals surface area (Å²) in [6, 6.07) is 13.6. The van der Waals surface area contributed by atoms with Crippen molar-refractivity contribution in [3.63, 3.8) is 0 Å². The summed E-state index contributed by atoms with van der Waals surface area (Å²) in [6.45, 7) is 3.37. The van der Waals surface area contributed by atoms with Crippen molar-refractivity contribution in [3.05, 3.63) is 59.7 Å². The van der Waals surface area contributed by atoms with Crippen LogP contribution in [0, 0.1) is 0 Å². The van der Waals surface area contributed by atoms with Crippen LogP contribution in [0.15, 0.2) is 53.4 Å². The Hall–Kier alpha value is -2.38. The molecule has 1 heterocycles. The fourth-order valence-electron chi connectivity index (χ4n) is 3.53. The molecule has 6 nitrogen and oxygen atoms in total. The Labute approximate surface area is 179 Å². The number of carbonyl (C=O) groups excluding carboxylic acids is 1. The van der Waals surface area contributed by atoms with E-state index in [1.54, 1.807) is 36.2 Å². The van der Waals surface area contributed by atoms with Crippen LogP contribution >= 0.6 is 0 Å². The highest BCUT2D eigenvalue weighted by molar-refractivity contribution is 7.92. The van der Waals surface area contributed by atoms with E-state index in [0.29, 0.717) is 17.8 Å². The topological polar surface area (TPSA) is 75.7 Å². The van der Waals surface area contributed by atoms with Crippen molar-refractivity contribution < 1.29 is 17.9 Å². The van der Waals surface area contributed by atoms with Gasteiger partial charge in [0.15, 0.2) is 0 Å². The number of likely N-dealkylation sites (N-methyl/N-ethyl adjacent to an activating group) is 1. The van der Waals surface area contributed by atoms with Crippen molar-refractivity contribution in [1.82, 2.24) is 4.90 Å². The largest absolute Gasteiger partial charge is 0.376 e. The quantitative estimate of drug-likeness (QED) is 0.650. The second-order valence-corrected chi connectivity index (χ2v) is 9.44.